The third kappa shape index (κ3) is 5.06. The average molecular weight is 515 g/mol. The minimum atomic E-state index is -0.974. The Morgan fingerprint density at radius 2 is 1.81 bits per heavy atom. The smallest absolute Gasteiger partial charge is 0.256 e. The fourth-order valence-corrected chi connectivity index (χ4v) is 4.79. The molecule has 8 nitrogen and oxygen atoms in total. The van der Waals surface area contributed by atoms with E-state index in [0.717, 1.165) is 0 Å². The molecule has 2 aromatic carbocycles. The monoisotopic (exact) mass is 514 g/mol. The molecule has 4 rings (SSSR count). The number of fused-ring (bicyclic) bond motifs is 2. The topological polar surface area (TPSA) is 104 Å². The van der Waals surface area contributed by atoms with Crippen molar-refractivity contribution in [3.63, 3.8) is 0 Å². The van der Waals surface area contributed by atoms with Crippen LogP contribution in [0.5, 0.6) is 0 Å². The lowest BCUT2D eigenvalue weighted by atomic mass is 9.91. The second-order valence-electron chi connectivity index (χ2n) is 10.3. The molecule has 0 bridgehead atoms. The number of benzene rings is 2. The van der Waals surface area contributed by atoms with Gasteiger partial charge in [-0.2, -0.15) is 0 Å². The van der Waals surface area contributed by atoms with Gasteiger partial charge < -0.3 is 20.4 Å². The first-order valence-electron chi connectivity index (χ1n) is 11.6. The molecule has 10 heteroatoms. The summed E-state index contributed by atoms with van der Waals surface area (Å²) in [5.74, 6) is -2.35. The molecule has 1 fully saturated rings. The fraction of sp³-hybridized carbons (Fsp3) is 0.385. The van der Waals surface area contributed by atoms with Crippen molar-refractivity contribution in [2.45, 2.75) is 33.2 Å². The molecule has 1 saturated heterocycles. The van der Waals surface area contributed by atoms with E-state index in [9.17, 15) is 23.6 Å². The van der Waals surface area contributed by atoms with Crippen molar-refractivity contribution in [1.29, 1.82) is 0 Å². The summed E-state index contributed by atoms with van der Waals surface area (Å²) in [6, 6.07) is 7.84. The minimum Gasteiger partial charge on any atom is -0.368 e. The number of halogens is 2. The van der Waals surface area contributed by atoms with Crippen molar-refractivity contribution in [2.75, 3.05) is 31.1 Å². The molecular weight excluding hydrogens is 487 g/mol. The molecule has 2 aliphatic heterocycles. The zero-order chi connectivity index (χ0) is 26.4. The Labute approximate surface area is 213 Å². The van der Waals surface area contributed by atoms with Gasteiger partial charge in [-0.1, -0.05) is 38.4 Å². The summed E-state index contributed by atoms with van der Waals surface area (Å²) in [4.78, 5) is 56.3. The van der Waals surface area contributed by atoms with Crippen molar-refractivity contribution >= 4 is 40.9 Å². The lowest BCUT2D eigenvalue weighted by molar-refractivity contribution is -0.138. The molecule has 4 amide bonds. The number of amides is 4. The van der Waals surface area contributed by atoms with Gasteiger partial charge in [0.05, 0.1) is 17.8 Å². The molecule has 36 heavy (non-hydrogen) atoms. The van der Waals surface area contributed by atoms with E-state index in [2.05, 4.69) is 0 Å². The highest BCUT2D eigenvalue weighted by molar-refractivity contribution is 6.30. The molecule has 1 atom stereocenters. The molecule has 2 N–H and O–H groups in total. The molecule has 2 heterocycles. The summed E-state index contributed by atoms with van der Waals surface area (Å²) >= 11 is 5.88. The molecule has 0 aromatic heterocycles. The third-order valence-electron chi connectivity index (χ3n) is 6.30. The first-order chi connectivity index (χ1) is 16.9. The zero-order valence-electron chi connectivity index (χ0n) is 20.4. The second kappa shape index (κ2) is 9.54. The second-order valence-corrected chi connectivity index (χ2v) is 10.8. The highest BCUT2D eigenvalue weighted by atomic mass is 35.5. The van der Waals surface area contributed by atoms with Crippen LogP contribution in [0.25, 0.3) is 11.1 Å². The lowest BCUT2D eigenvalue weighted by Gasteiger charge is -2.40. The van der Waals surface area contributed by atoms with Crippen LogP contribution >= 0.6 is 11.6 Å². The van der Waals surface area contributed by atoms with Crippen LogP contribution in [0.2, 0.25) is 5.02 Å². The van der Waals surface area contributed by atoms with Gasteiger partial charge in [0.15, 0.2) is 0 Å². The van der Waals surface area contributed by atoms with E-state index in [1.54, 1.807) is 17.0 Å². The molecule has 0 saturated carbocycles. The van der Waals surface area contributed by atoms with Gasteiger partial charge >= 0.3 is 0 Å². The number of carbonyl (C=O) groups is 4. The Morgan fingerprint density at radius 3 is 2.44 bits per heavy atom. The number of piperazine rings is 1. The number of hydrogen-bond acceptors (Lipinski definition) is 4. The van der Waals surface area contributed by atoms with Gasteiger partial charge in [0.2, 0.25) is 11.8 Å². The first kappa shape index (κ1) is 25.6. The number of anilines is 1. The van der Waals surface area contributed by atoms with E-state index in [1.807, 2.05) is 20.8 Å². The predicted molar refractivity (Wildman–Crippen MR) is 134 cm³/mol. The maximum absolute atomic E-state index is 14.6. The quantitative estimate of drug-likeness (QED) is 0.677. The van der Waals surface area contributed by atoms with Gasteiger partial charge in [0.1, 0.15) is 18.4 Å². The van der Waals surface area contributed by atoms with E-state index < -0.39 is 36.1 Å². The molecule has 1 unspecified atom stereocenters. The number of hydrogen-bond donors (Lipinski definition) is 1. The fourth-order valence-electron chi connectivity index (χ4n) is 4.64. The Bertz CT molecular complexity index is 1260. The van der Waals surface area contributed by atoms with Gasteiger partial charge in [-0.05, 0) is 41.3 Å². The van der Waals surface area contributed by atoms with Gasteiger partial charge in [-0.25, -0.2) is 4.39 Å². The maximum atomic E-state index is 14.6. The van der Waals surface area contributed by atoms with Crippen LogP contribution in [0.3, 0.4) is 0 Å². The molecule has 0 radical (unpaired) electrons. The maximum Gasteiger partial charge on any atom is 0.256 e. The SMILES string of the molecule is CC(C)(C)CC(=O)N1CCN2C(=O)c3cc(-c4ccc(Cl)cc4F)ccc3N(CC(N)=O)C(=O)C2C1. The van der Waals surface area contributed by atoms with E-state index in [1.165, 1.54) is 34.1 Å². The lowest BCUT2D eigenvalue weighted by Crippen LogP contribution is -2.61. The molecule has 190 valence electrons. The highest BCUT2D eigenvalue weighted by Crippen LogP contribution is 2.35. The van der Waals surface area contributed by atoms with Gasteiger partial charge in [0, 0.05) is 30.1 Å². The van der Waals surface area contributed by atoms with Crippen molar-refractivity contribution in [3.8, 4) is 11.1 Å². The number of carbonyl (C=O) groups excluding carboxylic acids is 4. The van der Waals surface area contributed by atoms with Crippen LogP contribution in [-0.2, 0) is 14.4 Å². The van der Waals surface area contributed by atoms with Crippen LogP contribution in [0, 0.1) is 11.2 Å². The minimum absolute atomic E-state index is 0.0153. The molecule has 2 aliphatic rings. The Morgan fingerprint density at radius 1 is 1.08 bits per heavy atom. The Hall–Kier alpha value is -3.46. The Balaban J connectivity index is 1.75. The summed E-state index contributed by atoms with van der Waals surface area (Å²) in [7, 11) is 0. The number of nitrogens with zero attached hydrogens (tertiary/aromatic N) is 3. The number of nitrogens with two attached hydrogens (primary N) is 1. The van der Waals surface area contributed by atoms with Crippen LogP contribution < -0.4 is 10.6 Å². The van der Waals surface area contributed by atoms with E-state index >= 15 is 0 Å². The van der Waals surface area contributed by atoms with Crippen molar-refractivity contribution < 1.29 is 23.6 Å². The first-order valence-corrected chi connectivity index (χ1v) is 12.0. The number of primary amides is 1. The van der Waals surface area contributed by atoms with Gasteiger partial charge in [-0.3, -0.25) is 19.2 Å². The summed E-state index contributed by atoms with van der Waals surface area (Å²) < 4.78 is 14.6. The van der Waals surface area contributed by atoms with Crippen LogP contribution in [0.4, 0.5) is 10.1 Å². The van der Waals surface area contributed by atoms with Crippen molar-refractivity contribution in [2.24, 2.45) is 11.1 Å². The molecular formula is C26H28ClFN4O4. The summed E-state index contributed by atoms with van der Waals surface area (Å²) in [6.07, 6.45) is 0.295. The largest absolute Gasteiger partial charge is 0.368 e. The standard InChI is InChI=1S/C26H28ClFN4O4/c1-26(2,3)12-23(34)30-8-9-31-21(13-30)25(36)32(14-22(29)33)20-7-4-15(10-18(20)24(31)35)17-6-5-16(27)11-19(17)28/h4-7,10-11,21H,8-9,12-14H2,1-3H3,(H2,29,33). The van der Waals surface area contributed by atoms with E-state index in [-0.39, 0.29) is 52.8 Å². The van der Waals surface area contributed by atoms with Gasteiger partial charge in [0.25, 0.3) is 11.8 Å². The van der Waals surface area contributed by atoms with Crippen molar-refractivity contribution in [3.05, 3.63) is 52.8 Å². The van der Waals surface area contributed by atoms with Crippen LogP contribution in [0.1, 0.15) is 37.6 Å². The molecule has 0 aliphatic carbocycles. The number of rotatable bonds is 4. The van der Waals surface area contributed by atoms with Crippen LogP contribution in [0.15, 0.2) is 36.4 Å². The van der Waals surface area contributed by atoms with Gasteiger partial charge in [-0.15, -0.1) is 0 Å². The van der Waals surface area contributed by atoms with Crippen LogP contribution in [-0.4, -0.2) is 65.6 Å². The predicted octanol–water partition coefficient (Wildman–Crippen LogP) is 3.07. The third-order valence-corrected chi connectivity index (χ3v) is 6.54. The summed E-state index contributed by atoms with van der Waals surface area (Å²) in [6.45, 7) is 5.86. The van der Waals surface area contributed by atoms with E-state index in [4.69, 9.17) is 17.3 Å². The average Bonchev–Trinajstić information content (AvgIpc) is 2.87. The summed E-state index contributed by atoms with van der Waals surface area (Å²) in [5, 5.41) is 0.238. The zero-order valence-corrected chi connectivity index (χ0v) is 21.1. The van der Waals surface area contributed by atoms with Crippen molar-refractivity contribution in [1.82, 2.24) is 9.80 Å². The normalized spacial score (nSPS) is 18.0. The molecule has 0 spiro atoms. The summed E-state index contributed by atoms with van der Waals surface area (Å²) in [5.41, 5.74) is 6.21. The Kier molecular flexibility index (Phi) is 6.79. The highest BCUT2D eigenvalue weighted by Gasteiger charge is 2.44. The van der Waals surface area contributed by atoms with E-state index in [0.29, 0.717) is 12.0 Å². The molecule has 2 aromatic rings.